The average molecular weight is 243 g/mol. The zero-order valence-corrected chi connectivity index (χ0v) is 11.0. The van der Waals surface area contributed by atoms with Gasteiger partial charge in [-0.2, -0.15) is 0 Å². The van der Waals surface area contributed by atoms with Crippen molar-refractivity contribution in [2.24, 2.45) is 5.92 Å². The van der Waals surface area contributed by atoms with Crippen LogP contribution in [-0.2, 0) is 14.2 Å². The molecule has 1 aliphatic heterocycles. The Labute approximate surface area is 104 Å². The van der Waals surface area contributed by atoms with Crippen molar-refractivity contribution in [3.63, 3.8) is 0 Å². The Balaban J connectivity index is 1.59. The van der Waals surface area contributed by atoms with Crippen molar-refractivity contribution in [2.75, 3.05) is 33.5 Å². The van der Waals surface area contributed by atoms with Gasteiger partial charge in [-0.3, -0.25) is 0 Å². The van der Waals surface area contributed by atoms with Crippen LogP contribution in [0.15, 0.2) is 0 Å². The molecular formula is C13H25NO3. The second-order valence-corrected chi connectivity index (χ2v) is 5.01. The lowest BCUT2D eigenvalue weighted by Crippen LogP contribution is -2.60. The lowest BCUT2D eigenvalue weighted by atomic mass is 9.85. The Morgan fingerprint density at radius 1 is 1.41 bits per heavy atom. The standard InChI is InChI=1S/C13H25NO3/c1-3-17-12-8-11(13(12)15-2)14-6-4-10-5-7-16-9-10/h10-14H,3-9H2,1-2H3. The predicted molar refractivity (Wildman–Crippen MR) is 66.2 cm³/mol. The zero-order chi connectivity index (χ0) is 12.1. The molecule has 0 bridgehead atoms. The highest BCUT2D eigenvalue weighted by molar-refractivity contribution is 4.97. The first-order valence-electron chi connectivity index (χ1n) is 6.80. The van der Waals surface area contributed by atoms with Gasteiger partial charge in [0.2, 0.25) is 0 Å². The maximum Gasteiger partial charge on any atom is 0.0986 e. The SMILES string of the molecule is CCOC1CC(NCCC2CCOC2)C1OC. The van der Waals surface area contributed by atoms with Crippen molar-refractivity contribution in [1.82, 2.24) is 5.32 Å². The van der Waals surface area contributed by atoms with Gasteiger partial charge in [0.05, 0.1) is 12.2 Å². The van der Waals surface area contributed by atoms with Crippen molar-refractivity contribution in [2.45, 2.75) is 44.4 Å². The normalized spacial score (nSPS) is 37.1. The van der Waals surface area contributed by atoms with Crippen LogP contribution in [0.4, 0.5) is 0 Å². The Morgan fingerprint density at radius 3 is 2.94 bits per heavy atom. The van der Waals surface area contributed by atoms with Gasteiger partial charge in [0.1, 0.15) is 0 Å². The first-order valence-corrected chi connectivity index (χ1v) is 6.80. The minimum absolute atomic E-state index is 0.231. The third-order valence-electron chi connectivity index (χ3n) is 3.89. The lowest BCUT2D eigenvalue weighted by molar-refractivity contribution is -0.131. The third kappa shape index (κ3) is 3.41. The minimum Gasteiger partial charge on any atom is -0.381 e. The van der Waals surface area contributed by atoms with Crippen LogP contribution in [0.1, 0.15) is 26.2 Å². The van der Waals surface area contributed by atoms with Crippen LogP contribution in [-0.4, -0.2) is 51.7 Å². The summed E-state index contributed by atoms with van der Waals surface area (Å²) >= 11 is 0. The molecule has 2 rings (SSSR count). The Bertz CT molecular complexity index is 219. The first kappa shape index (κ1) is 13.3. The molecule has 17 heavy (non-hydrogen) atoms. The summed E-state index contributed by atoms with van der Waals surface area (Å²) in [6, 6.07) is 0.471. The number of ether oxygens (including phenoxy) is 3. The van der Waals surface area contributed by atoms with E-state index in [-0.39, 0.29) is 12.2 Å². The van der Waals surface area contributed by atoms with E-state index in [4.69, 9.17) is 14.2 Å². The molecule has 0 aromatic carbocycles. The second-order valence-electron chi connectivity index (χ2n) is 5.01. The summed E-state index contributed by atoms with van der Waals surface area (Å²) in [5.41, 5.74) is 0. The molecule has 100 valence electrons. The summed E-state index contributed by atoms with van der Waals surface area (Å²) in [5, 5.41) is 3.57. The largest absolute Gasteiger partial charge is 0.381 e. The first-order chi connectivity index (χ1) is 8.35. The summed E-state index contributed by atoms with van der Waals surface area (Å²) in [7, 11) is 1.77. The smallest absolute Gasteiger partial charge is 0.0986 e. The maximum absolute atomic E-state index is 5.61. The van der Waals surface area contributed by atoms with Gasteiger partial charge in [0.15, 0.2) is 0 Å². The highest BCUT2D eigenvalue weighted by atomic mass is 16.5. The van der Waals surface area contributed by atoms with Crippen molar-refractivity contribution in [3.05, 3.63) is 0 Å². The van der Waals surface area contributed by atoms with Crippen LogP contribution < -0.4 is 5.32 Å². The van der Waals surface area contributed by atoms with E-state index in [0.717, 1.165) is 38.7 Å². The molecule has 2 fully saturated rings. The summed E-state index contributed by atoms with van der Waals surface area (Å²) in [6.07, 6.45) is 4.04. The van der Waals surface area contributed by atoms with Crippen LogP contribution >= 0.6 is 0 Å². The highest BCUT2D eigenvalue weighted by Crippen LogP contribution is 2.27. The molecule has 1 N–H and O–H groups in total. The van der Waals surface area contributed by atoms with Crippen LogP contribution in [0.3, 0.4) is 0 Å². The fourth-order valence-corrected chi connectivity index (χ4v) is 2.76. The molecule has 0 aromatic heterocycles. The van der Waals surface area contributed by atoms with Gasteiger partial charge < -0.3 is 19.5 Å². The van der Waals surface area contributed by atoms with Crippen LogP contribution in [0, 0.1) is 5.92 Å². The molecule has 0 amide bonds. The van der Waals surface area contributed by atoms with Gasteiger partial charge >= 0.3 is 0 Å². The number of hydrogen-bond donors (Lipinski definition) is 1. The molecule has 1 aliphatic carbocycles. The van der Waals surface area contributed by atoms with E-state index in [1.807, 2.05) is 6.92 Å². The molecule has 0 aromatic rings. The van der Waals surface area contributed by atoms with Gasteiger partial charge in [-0.25, -0.2) is 0 Å². The van der Waals surface area contributed by atoms with Crippen molar-refractivity contribution in [3.8, 4) is 0 Å². The van der Waals surface area contributed by atoms with E-state index in [0.29, 0.717) is 6.04 Å². The lowest BCUT2D eigenvalue weighted by Gasteiger charge is -2.43. The fraction of sp³-hybridized carbons (Fsp3) is 1.00. The Morgan fingerprint density at radius 2 is 2.29 bits per heavy atom. The molecule has 1 saturated carbocycles. The molecule has 1 heterocycles. The zero-order valence-electron chi connectivity index (χ0n) is 11.0. The van der Waals surface area contributed by atoms with E-state index in [9.17, 15) is 0 Å². The van der Waals surface area contributed by atoms with Gasteiger partial charge in [0, 0.05) is 33.0 Å². The average Bonchev–Trinajstić information content (AvgIpc) is 2.80. The molecular weight excluding hydrogens is 218 g/mol. The molecule has 4 atom stereocenters. The van der Waals surface area contributed by atoms with E-state index >= 15 is 0 Å². The monoisotopic (exact) mass is 243 g/mol. The van der Waals surface area contributed by atoms with Crippen LogP contribution in [0.2, 0.25) is 0 Å². The molecule has 0 spiro atoms. The summed E-state index contributed by atoms with van der Waals surface area (Å²) in [6.45, 7) is 5.77. The molecule has 4 nitrogen and oxygen atoms in total. The molecule has 4 heteroatoms. The quantitative estimate of drug-likeness (QED) is 0.729. The van der Waals surface area contributed by atoms with E-state index < -0.39 is 0 Å². The van der Waals surface area contributed by atoms with Gasteiger partial charge in [0.25, 0.3) is 0 Å². The van der Waals surface area contributed by atoms with E-state index in [1.165, 1.54) is 12.8 Å². The predicted octanol–water partition coefficient (Wildman–Crippen LogP) is 1.19. The Kier molecular flexibility index (Phi) is 5.22. The number of rotatable bonds is 7. The molecule has 2 aliphatic rings. The third-order valence-corrected chi connectivity index (χ3v) is 3.89. The van der Waals surface area contributed by atoms with Crippen molar-refractivity contribution < 1.29 is 14.2 Å². The van der Waals surface area contributed by atoms with Crippen molar-refractivity contribution >= 4 is 0 Å². The maximum atomic E-state index is 5.61. The summed E-state index contributed by atoms with van der Waals surface area (Å²) < 4.78 is 16.5. The van der Waals surface area contributed by atoms with Gasteiger partial charge in [-0.15, -0.1) is 0 Å². The van der Waals surface area contributed by atoms with Gasteiger partial charge in [-0.1, -0.05) is 0 Å². The van der Waals surface area contributed by atoms with Crippen molar-refractivity contribution in [1.29, 1.82) is 0 Å². The summed E-state index contributed by atoms with van der Waals surface area (Å²) in [4.78, 5) is 0. The van der Waals surface area contributed by atoms with E-state index in [1.54, 1.807) is 7.11 Å². The highest BCUT2D eigenvalue weighted by Gasteiger charge is 2.41. The molecule has 4 unspecified atom stereocenters. The van der Waals surface area contributed by atoms with Crippen LogP contribution in [0.5, 0.6) is 0 Å². The van der Waals surface area contributed by atoms with Gasteiger partial charge in [-0.05, 0) is 38.6 Å². The van der Waals surface area contributed by atoms with E-state index in [2.05, 4.69) is 5.32 Å². The molecule has 0 radical (unpaired) electrons. The number of methoxy groups -OCH3 is 1. The summed E-state index contributed by atoms with van der Waals surface area (Å²) in [5.74, 6) is 0.756. The number of nitrogens with one attached hydrogen (secondary N) is 1. The second kappa shape index (κ2) is 6.69. The van der Waals surface area contributed by atoms with Crippen LogP contribution in [0.25, 0.3) is 0 Å². The number of hydrogen-bond acceptors (Lipinski definition) is 4. The minimum atomic E-state index is 0.231. The fourth-order valence-electron chi connectivity index (χ4n) is 2.76. The Hall–Kier alpha value is -0.160. The molecule has 1 saturated heterocycles. The topological polar surface area (TPSA) is 39.7 Å².